The van der Waals surface area contributed by atoms with Crippen molar-refractivity contribution in [3.63, 3.8) is 0 Å². The summed E-state index contributed by atoms with van der Waals surface area (Å²) in [7, 11) is 0. The van der Waals surface area contributed by atoms with Crippen molar-refractivity contribution in [1.82, 2.24) is 5.32 Å². The molecule has 0 atom stereocenters. The van der Waals surface area contributed by atoms with Gasteiger partial charge in [-0.25, -0.2) is 0 Å². The SMILES string of the molecule is N#CC1(NC(=O)c2cccc(NC(=O)C3CCCCC3)c2)CCCC1. The van der Waals surface area contributed by atoms with Crippen LogP contribution in [0.2, 0.25) is 0 Å². The molecular formula is C20H25N3O2. The molecule has 2 aliphatic rings. The molecule has 5 nitrogen and oxygen atoms in total. The first-order valence-electron chi connectivity index (χ1n) is 9.27. The predicted molar refractivity (Wildman–Crippen MR) is 95.9 cm³/mol. The Morgan fingerprint density at radius 3 is 2.48 bits per heavy atom. The van der Waals surface area contributed by atoms with Crippen LogP contribution in [0.3, 0.4) is 0 Å². The summed E-state index contributed by atoms with van der Waals surface area (Å²) in [5.74, 6) is -0.134. The Morgan fingerprint density at radius 2 is 1.80 bits per heavy atom. The third-order valence-electron chi connectivity index (χ3n) is 5.39. The first-order valence-corrected chi connectivity index (χ1v) is 9.27. The van der Waals surface area contributed by atoms with Gasteiger partial charge in [0.05, 0.1) is 6.07 Å². The Balaban J connectivity index is 1.65. The summed E-state index contributed by atoms with van der Waals surface area (Å²) < 4.78 is 0. The Kier molecular flexibility index (Phi) is 5.37. The van der Waals surface area contributed by atoms with E-state index >= 15 is 0 Å². The molecule has 3 rings (SSSR count). The van der Waals surface area contributed by atoms with Crippen LogP contribution in [0.25, 0.3) is 0 Å². The molecule has 2 amide bonds. The number of nitrogens with one attached hydrogen (secondary N) is 2. The van der Waals surface area contributed by atoms with E-state index in [0.29, 0.717) is 24.1 Å². The Morgan fingerprint density at radius 1 is 1.08 bits per heavy atom. The van der Waals surface area contributed by atoms with E-state index in [-0.39, 0.29) is 17.7 Å². The van der Waals surface area contributed by atoms with Crippen molar-refractivity contribution >= 4 is 17.5 Å². The fraction of sp³-hybridized carbons (Fsp3) is 0.550. The smallest absolute Gasteiger partial charge is 0.252 e. The molecule has 0 bridgehead atoms. The minimum Gasteiger partial charge on any atom is -0.334 e. The Labute approximate surface area is 148 Å². The number of carbonyl (C=O) groups excluding carboxylic acids is 2. The first kappa shape index (κ1) is 17.5. The summed E-state index contributed by atoms with van der Waals surface area (Å²) in [4.78, 5) is 24.9. The number of amides is 2. The summed E-state index contributed by atoms with van der Waals surface area (Å²) >= 11 is 0. The van der Waals surface area contributed by atoms with E-state index < -0.39 is 5.54 Å². The number of hydrogen-bond acceptors (Lipinski definition) is 3. The van der Waals surface area contributed by atoms with Crippen molar-refractivity contribution in [2.45, 2.75) is 63.3 Å². The summed E-state index contributed by atoms with van der Waals surface area (Å²) in [5.41, 5.74) is 0.377. The summed E-state index contributed by atoms with van der Waals surface area (Å²) in [6.45, 7) is 0. The fourth-order valence-corrected chi connectivity index (χ4v) is 3.88. The van der Waals surface area contributed by atoms with Crippen LogP contribution >= 0.6 is 0 Å². The molecule has 1 aromatic rings. The van der Waals surface area contributed by atoms with E-state index in [0.717, 1.165) is 38.5 Å². The second-order valence-corrected chi connectivity index (χ2v) is 7.26. The molecule has 2 fully saturated rings. The van der Waals surface area contributed by atoms with Crippen LogP contribution in [-0.4, -0.2) is 17.4 Å². The largest absolute Gasteiger partial charge is 0.334 e. The number of nitriles is 1. The number of benzene rings is 1. The quantitative estimate of drug-likeness (QED) is 0.876. The highest BCUT2D eigenvalue weighted by Crippen LogP contribution is 2.29. The highest BCUT2D eigenvalue weighted by molar-refractivity contribution is 5.98. The van der Waals surface area contributed by atoms with Gasteiger partial charge < -0.3 is 10.6 Å². The maximum atomic E-state index is 12.5. The molecular weight excluding hydrogens is 314 g/mol. The molecule has 0 radical (unpaired) electrons. The van der Waals surface area contributed by atoms with Gasteiger partial charge in [0.25, 0.3) is 5.91 Å². The van der Waals surface area contributed by atoms with E-state index in [1.165, 1.54) is 6.42 Å². The van der Waals surface area contributed by atoms with E-state index in [1.54, 1.807) is 24.3 Å². The Bertz CT molecular complexity index is 680. The highest BCUT2D eigenvalue weighted by atomic mass is 16.2. The molecule has 25 heavy (non-hydrogen) atoms. The zero-order valence-corrected chi connectivity index (χ0v) is 14.5. The lowest BCUT2D eigenvalue weighted by molar-refractivity contribution is -0.120. The molecule has 0 aliphatic heterocycles. The molecule has 2 saturated carbocycles. The maximum absolute atomic E-state index is 12.5. The minimum atomic E-state index is -0.738. The van der Waals surface area contributed by atoms with Crippen LogP contribution in [0.5, 0.6) is 0 Å². The van der Waals surface area contributed by atoms with Gasteiger partial charge in [-0.2, -0.15) is 5.26 Å². The molecule has 132 valence electrons. The summed E-state index contributed by atoms with van der Waals surface area (Å²) in [5, 5.41) is 15.2. The zero-order valence-electron chi connectivity index (χ0n) is 14.5. The van der Waals surface area contributed by atoms with Gasteiger partial charge in [0.1, 0.15) is 5.54 Å². The van der Waals surface area contributed by atoms with Crippen LogP contribution in [0.15, 0.2) is 24.3 Å². The molecule has 1 aromatic carbocycles. The van der Waals surface area contributed by atoms with Gasteiger partial charge in [0.2, 0.25) is 5.91 Å². The minimum absolute atomic E-state index is 0.0431. The van der Waals surface area contributed by atoms with Crippen LogP contribution in [0.1, 0.15) is 68.1 Å². The maximum Gasteiger partial charge on any atom is 0.252 e. The lowest BCUT2D eigenvalue weighted by Gasteiger charge is -2.22. The highest BCUT2D eigenvalue weighted by Gasteiger charge is 2.35. The standard InChI is InChI=1S/C20H25N3O2/c21-14-20(11-4-5-12-20)23-19(25)16-9-6-10-17(13-16)22-18(24)15-7-2-1-3-8-15/h6,9-10,13,15H,1-5,7-8,11-12H2,(H,22,24)(H,23,25). The normalized spacial score (nSPS) is 19.8. The number of nitrogens with zero attached hydrogens (tertiary/aromatic N) is 1. The topological polar surface area (TPSA) is 82.0 Å². The fourth-order valence-electron chi connectivity index (χ4n) is 3.88. The third kappa shape index (κ3) is 4.19. The van der Waals surface area contributed by atoms with Crippen molar-refractivity contribution < 1.29 is 9.59 Å². The van der Waals surface area contributed by atoms with E-state index in [2.05, 4.69) is 16.7 Å². The van der Waals surface area contributed by atoms with Gasteiger partial charge in [-0.3, -0.25) is 9.59 Å². The van der Waals surface area contributed by atoms with E-state index in [9.17, 15) is 14.9 Å². The lowest BCUT2D eigenvalue weighted by Crippen LogP contribution is -2.45. The number of hydrogen-bond donors (Lipinski definition) is 2. The monoisotopic (exact) mass is 339 g/mol. The lowest BCUT2D eigenvalue weighted by atomic mass is 9.88. The second kappa shape index (κ2) is 7.69. The Hall–Kier alpha value is -2.35. The molecule has 0 aromatic heterocycles. The summed E-state index contributed by atoms with van der Waals surface area (Å²) in [6, 6.07) is 9.23. The predicted octanol–water partition coefficient (Wildman–Crippen LogP) is 3.77. The van der Waals surface area contributed by atoms with Crippen molar-refractivity contribution in [2.75, 3.05) is 5.32 Å². The molecule has 0 heterocycles. The number of rotatable bonds is 4. The van der Waals surface area contributed by atoms with Gasteiger partial charge >= 0.3 is 0 Å². The van der Waals surface area contributed by atoms with Crippen LogP contribution in [-0.2, 0) is 4.79 Å². The van der Waals surface area contributed by atoms with Gasteiger partial charge in [-0.15, -0.1) is 0 Å². The molecule has 0 saturated heterocycles. The molecule has 5 heteroatoms. The summed E-state index contributed by atoms with van der Waals surface area (Å²) in [6.07, 6.45) is 8.64. The molecule has 2 aliphatic carbocycles. The van der Waals surface area contributed by atoms with Gasteiger partial charge in [-0.1, -0.05) is 25.3 Å². The molecule has 2 N–H and O–H groups in total. The van der Waals surface area contributed by atoms with Crippen LogP contribution in [0.4, 0.5) is 5.69 Å². The van der Waals surface area contributed by atoms with E-state index in [1.807, 2.05) is 0 Å². The van der Waals surface area contributed by atoms with Crippen LogP contribution < -0.4 is 10.6 Å². The molecule has 0 unspecified atom stereocenters. The third-order valence-corrected chi connectivity index (χ3v) is 5.39. The van der Waals surface area contributed by atoms with Crippen molar-refractivity contribution in [3.8, 4) is 6.07 Å². The van der Waals surface area contributed by atoms with Gasteiger partial charge in [0.15, 0.2) is 0 Å². The van der Waals surface area contributed by atoms with Gasteiger partial charge in [0, 0.05) is 17.2 Å². The zero-order chi connectivity index (χ0) is 17.7. The van der Waals surface area contributed by atoms with Crippen LogP contribution in [0, 0.1) is 17.2 Å². The van der Waals surface area contributed by atoms with Crippen molar-refractivity contribution in [3.05, 3.63) is 29.8 Å². The average Bonchev–Trinajstić information content (AvgIpc) is 3.11. The van der Waals surface area contributed by atoms with Crippen molar-refractivity contribution in [2.24, 2.45) is 5.92 Å². The number of carbonyl (C=O) groups is 2. The second-order valence-electron chi connectivity index (χ2n) is 7.26. The number of anilines is 1. The molecule has 0 spiro atoms. The van der Waals surface area contributed by atoms with E-state index in [4.69, 9.17) is 0 Å². The van der Waals surface area contributed by atoms with Gasteiger partial charge in [-0.05, 0) is 56.7 Å². The van der Waals surface area contributed by atoms with Crippen molar-refractivity contribution in [1.29, 1.82) is 5.26 Å². The average molecular weight is 339 g/mol. The first-order chi connectivity index (χ1) is 12.1.